The van der Waals surface area contributed by atoms with E-state index in [1.165, 1.54) is 18.2 Å². The quantitative estimate of drug-likeness (QED) is 0.872. The molecule has 2 nitrogen and oxygen atoms in total. The number of halogens is 2. The normalized spacial score (nSPS) is 24.2. The lowest BCUT2D eigenvalue weighted by Crippen LogP contribution is -2.60. The van der Waals surface area contributed by atoms with Crippen LogP contribution in [-0.2, 0) is 6.54 Å². The Hall–Kier alpha value is -1.00. The summed E-state index contributed by atoms with van der Waals surface area (Å²) < 4.78 is 27.3. The first-order valence-corrected chi connectivity index (χ1v) is 6.31. The van der Waals surface area contributed by atoms with Crippen molar-refractivity contribution in [2.45, 2.75) is 38.9 Å². The van der Waals surface area contributed by atoms with E-state index in [2.05, 4.69) is 31.0 Å². The Balaban J connectivity index is 2.17. The van der Waals surface area contributed by atoms with Crippen molar-refractivity contribution in [2.75, 3.05) is 13.1 Å². The molecule has 1 N–H and O–H groups in total. The maximum atomic E-state index is 13.6. The van der Waals surface area contributed by atoms with Gasteiger partial charge in [-0.2, -0.15) is 0 Å². The van der Waals surface area contributed by atoms with Gasteiger partial charge in [0, 0.05) is 36.8 Å². The molecule has 1 aliphatic heterocycles. The monoisotopic (exact) mass is 254 g/mol. The van der Waals surface area contributed by atoms with Crippen molar-refractivity contribution in [3.05, 3.63) is 35.4 Å². The average molecular weight is 254 g/mol. The number of piperazine rings is 1. The first-order chi connectivity index (χ1) is 8.39. The molecule has 0 bridgehead atoms. The summed E-state index contributed by atoms with van der Waals surface area (Å²) in [6, 6.07) is 4.31. The van der Waals surface area contributed by atoms with Crippen molar-refractivity contribution in [2.24, 2.45) is 0 Å². The molecule has 1 aliphatic rings. The van der Waals surface area contributed by atoms with Crippen LogP contribution in [-0.4, -0.2) is 29.6 Å². The standard InChI is InChI=1S/C14H20F2N2/c1-10-7-17-14(2,3)9-18(10)8-11-12(15)5-4-6-13(11)16/h4-6,10,17H,7-9H2,1-3H3. The molecule has 0 aromatic heterocycles. The minimum absolute atomic E-state index is 0.0196. The molecule has 1 aromatic carbocycles. The van der Waals surface area contributed by atoms with Crippen LogP contribution in [0.2, 0.25) is 0 Å². The molecule has 1 heterocycles. The zero-order valence-electron chi connectivity index (χ0n) is 11.1. The van der Waals surface area contributed by atoms with Gasteiger partial charge in [0.2, 0.25) is 0 Å². The van der Waals surface area contributed by atoms with E-state index in [4.69, 9.17) is 0 Å². The Bertz CT molecular complexity index is 412. The highest BCUT2D eigenvalue weighted by molar-refractivity contribution is 5.20. The summed E-state index contributed by atoms with van der Waals surface area (Å²) in [4.78, 5) is 2.12. The van der Waals surface area contributed by atoms with Gasteiger partial charge in [-0.05, 0) is 32.9 Å². The van der Waals surface area contributed by atoms with Gasteiger partial charge in [-0.25, -0.2) is 8.78 Å². The summed E-state index contributed by atoms with van der Waals surface area (Å²) in [7, 11) is 0. The fourth-order valence-electron chi connectivity index (χ4n) is 2.37. The van der Waals surface area contributed by atoms with Gasteiger partial charge in [0.15, 0.2) is 0 Å². The van der Waals surface area contributed by atoms with E-state index >= 15 is 0 Å². The molecular formula is C14H20F2N2. The van der Waals surface area contributed by atoms with E-state index in [1.54, 1.807) is 0 Å². The van der Waals surface area contributed by atoms with Gasteiger partial charge < -0.3 is 5.32 Å². The smallest absolute Gasteiger partial charge is 0.130 e. The third kappa shape index (κ3) is 2.87. The van der Waals surface area contributed by atoms with Gasteiger partial charge in [0.1, 0.15) is 11.6 Å². The highest BCUT2D eigenvalue weighted by Crippen LogP contribution is 2.20. The summed E-state index contributed by atoms with van der Waals surface area (Å²) in [5, 5.41) is 3.42. The average Bonchev–Trinajstić information content (AvgIpc) is 2.28. The van der Waals surface area contributed by atoms with E-state index in [1.807, 2.05) is 0 Å². The third-order valence-electron chi connectivity index (χ3n) is 3.52. The van der Waals surface area contributed by atoms with E-state index in [0.717, 1.165) is 13.1 Å². The highest BCUT2D eigenvalue weighted by Gasteiger charge is 2.30. The minimum atomic E-state index is -0.460. The zero-order valence-corrected chi connectivity index (χ0v) is 11.1. The van der Waals surface area contributed by atoms with Crippen molar-refractivity contribution in [1.29, 1.82) is 0 Å². The molecule has 1 fully saturated rings. The number of nitrogens with zero attached hydrogens (tertiary/aromatic N) is 1. The summed E-state index contributed by atoms with van der Waals surface area (Å²) in [5.41, 5.74) is 0.149. The van der Waals surface area contributed by atoms with Gasteiger partial charge >= 0.3 is 0 Å². The Morgan fingerprint density at radius 2 is 1.94 bits per heavy atom. The molecule has 1 saturated heterocycles. The lowest BCUT2D eigenvalue weighted by molar-refractivity contribution is 0.0954. The Morgan fingerprint density at radius 1 is 1.33 bits per heavy atom. The number of hydrogen-bond acceptors (Lipinski definition) is 2. The number of benzene rings is 1. The Labute approximate surface area is 107 Å². The van der Waals surface area contributed by atoms with Crippen molar-refractivity contribution in [3.8, 4) is 0 Å². The van der Waals surface area contributed by atoms with Gasteiger partial charge in [-0.15, -0.1) is 0 Å². The molecule has 1 aromatic rings. The van der Waals surface area contributed by atoms with E-state index in [9.17, 15) is 8.78 Å². The number of rotatable bonds is 2. The number of nitrogens with one attached hydrogen (secondary N) is 1. The Kier molecular flexibility index (Phi) is 3.69. The molecule has 0 spiro atoms. The van der Waals surface area contributed by atoms with Crippen LogP contribution in [0.15, 0.2) is 18.2 Å². The van der Waals surface area contributed by atoms with Gasteiger partial charge in [0.25, 0.3) is 0 Å². The van der Waals surface area contributed by atoms with E-state index < -0.39 is 11.6 Å². The molecule has 4 heteroatoms. The van der Waals surface area contributed by atoms with Crippen LogP contribution in [0.25, 0.3) is 0 Å². The molecule has 0 amide bonds. The SMILES string of the molecule is CC1CNC(C)(C)CN1Cc1c(F)cccc1F. The fourth-order valence-corrected chi connectivity index (χ4v) is 2.37. The second kappa shape index (κ2) is 4.94. The van der Waals surface area contributed by atoms with Crippen molar-refractivity contribution in [1.82, 2.24) is 10.2 Å². The minimum Gasteiger partial charge on any atom is -0.309 e. The molecule has 1 unspecified atom stereocenters. The molecule has 1 atom stereocenters. The predicted octanol–water partition coefficient (Wildman–Crippen LogP) is 2.54. The summed E-state index contributed by atoms with van der Waals surface area (Å²) >= 11 is 0. The lowest BCUT2D eigenvalue weighted by Gasteiger charge is -2.43. The lowest BCUT2D eigenvalue weighted by atomic mass is 9.98. The van der Waals surface area contributed by atoms with Crippen LogP contribution < -0.4 is 5.32 Å². The third-order valence-corrected chi connectivity index (χ3v) is 3.52. The predicted molar refractivity (Wildman–Crippen MR) is 68.3 cm³/mol. The maximum Gasteiger partial charge on any atom is 0.130 e. The topological polar surface area (TPSA) is 15.3 Å². The molecule has 2 rings (SSSR count). The molecule has 100 valence electrons. The second-order valence-corrected chi connectivity index (χ2v) is 5.72. The number of hydrogen-bond donors (Lipinski definition) is 1. The van der Waals surface area contributed by atoms with Crippen molar-refractivity contribution >= 4 is 0 Å². The van der Waals surface area contributed by atoms with Crippen LogP contribution in [0.3, 0.4) is 0 Å². The molecule has 0 radical (unpaired) electrons. The van der Waals surface area contributed by atoms with Crippen LogP contribution in [0.4, 0.5) is 8.78 Å². The van der Waals surface area contributed by atoms with Gasteiger partial charge in [0.05, 0.1) is 0 Å². The molecule has 0 saturated carbocycles. The second-order valence-electron chi connectivity index (χ2n) is 5.72. The summed E-state index contributed by atoms with van der Waals surface area (Å²) in [6.45, 7) is 8.21. The summed E-state index contributed by atoms with van der Waals surface area (Å²) in [5.74, 6) is -0.919. The zero-order chi connectivity index (χ0) is 13.3. The molecule has 18 heavy (non-hydrogen) atoms. The van der Waals surface area contributed by atoms with E-state index in [0.29, 0.717) is 6.54 Å². The Morgan fingerprint density at radius 3 is 2.56 bits per heavy atom. The van der Waals surface area contributed by atoms with Crippen LogP contribution in [0.5, 0.6) is 0 Å². The maximum absolute atomic E-state index is 13.6. The molecule has 0 aliphatic carbocycles. The van der Waals surface area contributed by atoms with E-state index in [-0.39, 0.29) is 17.1 Å². The van der Waals surface area contributed by atoms with Crippen molar-refractivity contribution in [3.63, 3.8) is 0 Å². The van der Waals surface area contributed by atoms with Gasteiger partial charge in [-0.1, -0.05) is 6.07 Å². The largest absolute Gasteiger partial charge is 0.309 e. The first-order valence-electron chi connectivity index (χ1n) is 6.31. The van der Waals surface area contributed by atoms with Crippen LogP contribution in [0, 0.1) is 11.6 Å². The highest BCUT2D eigenvalue weighted by atomic mass is 19.1. The first kappa shape index (κ1) is 13.4. The van der Waals surface area contributed by atoms with Crippen molar-refractivity contribution < 1.29 is 8.78 Å². The fraction of sp³-hybridized carbons (Fsp3) is 0.571. The van der Waals surface area contributed by atoms with Crippen LogP contribution >= 0.6 is 0 Å². The molecular weight excluding hydrogens is 234 g/mol. The van der Waals surface area contributed by atoms with Crippen LogP contribution in [0.1, 0.15) is 26.3 Å². The summed E-state index contributed by atoms with van der Waals surface area (Å²) in [6.07, 6.45) is 0. The van der Waals surface area contributed by atoms with Gasteiger partial charge in [-0.3, -0.25) is 4.90 Å².